The SMILES string of the molecule is O=C1C=C2C(=CC1=O)[C@]13CCN4CC5=CCO[C@@H]6CC(=O)N2[C@@H]1[C@H]6[C@H]5C[C@H]43. The molecular formula is C21H20N2O4. The summed E-state index contributed by atoms with van der Waals surface area (Å²) in [6.45, 7) is 2.54. The van der Waals surface area contributed by atoms with Crippen molar-refractivity contribution in [3.05, 3.63) is 35.1 Å². The van der Waals surface area contributed by atoms with Crippen LogP contribution in [-0.2, 0) is 19.1 Å². The lowest BCUT2D eigenvalue weighted by Gasteiger charge is -2.58. The van der Waals surface area contributed by atoms with Gasteiger partial charge in [-0.25, -0.2) is 0 Å². The number of ether oxygens (including phenoxy) is 1. The summed E-state index contributed by atoms with van der Waals surface area (Å²) in [4.78, 5) is 42.1. The first-order valence-electron chi connectivity index (χ1n) is 9.99. The number of hydrogen-bond donors (Lipinski definition) is 0. The van der Waals surface area contributed by atoms with Gasteiger partial charge in [0.05, 0.1) is 30.9 Å². The van der Waals surface area contributed by atoms with E-state index in [4.69, 9.17) is 4.74 Å². The number of hydrogen-bond acceptors (Lipinski definition) is 5. The van der Waals surface area contributed by atoms with E-state index in [-0.39, 0.29) is 29.4 Å². The fraction of sp³-hybridized carbons (Fsp3) is 0.571. The molecule has 27 heavy (non-hydrogen) atoms. The van der Waals surface area contributed by atoms with Gasteiger partial charge in [-0.2, -0.15) is 0 Å². The van der Waals surface area contributed by atoms with Crippen LogP contribution in [-0.4, -0.2) is 65.2 Å². The third kappa shape index (κ3) is 1.49. The summed E-state index contributed by atoms with van der Waals surface area (Å²) in [6.07, 6.45) is 7.56. The molecule has 1 saturated carbocycles. The van der Waals surface area contributed by atoms with Gasteiger partial charge in [-0.15, -0.1) is 0 Å². The summed E-state index contributed by atoms with van der Waals surface area (Å²) < 4.78 is 6.17. The average Bonchev–Trinajstić information content (AvgIpc) is 3.10. The highest BCUT2D eigenvalue weighted by Gasteiger charge is 2.72. The molecule has 5 heterocycles. The molecule has 5 aliphatic heterocycles. The van der Waals surface area contributed by atoms with Crippen LogP contribution in [0.5, 0.6) is 0 Å². The van der Waals surface area contributed by atoms with E-state index in [0.717, 1.165) is 31.5 Å². The van der Waals surface area contributed by atoms with E-state index < -0.39 is 11.6 Å². The van der Waals surface area contributed by atoms with Crippen molar-refractivity contribution in [2.75, 3.05) is 19.7 Å². The van der Waals surface area contributed by atoms with Gasteiger partial charge >= 0.3 is 0 Å². The van der Waals surface area contributed by atoms with Crippen molar-refractivity contribution in [2.45, 2.75) is 37.5 Å². The molecule has 1 spiro atoms. The number of nitrogens with zero attached hydrogens (tertiary/aromatic N) is 2. The van der Waals surface area contributed by atoms with Crippen LogP contribution in [0.1, 0.15) is 19.3 Å². The van der Waals surface area contributed by atoms with Gasteiger partial charge in [0.1, 0.15) is 0 Å². The molecule has 5 fully saturated rings. The van der Waals surface area contributed by atoms with Gasteiger partial charge in [-0.05, 0) is 37.0 Å². The maximum atomic E-state index is 13.2. The molecule has 0 aromatic heterocycles. The van der Waals surface area contributed by atoms with Crippen molar-refractivity contribution in [1.29, 1.82) is 0 Å². The van der Waals surface area contributed by atoms with Gasteiger partial charge in [-0.1, -0.05) is 11.6 Å². The van der Waals surface area contributed by atoms with Gasteiger partial charge in [0.25, 0.3) is 0 Å². The molecule has 6 nitrogen and oxygen atoms in total. The van der Waals surface area contributed by atoms with Crippen LogP contribution in [0.25, 0.3) is 0 Å². The minimum atomic E-state index is -0.505. The second-order valence-corrected chi connectivity index (χ2v) is 9.08. The number of carbonyl (C=O) groups excluding carboxylic acids is 3. The number of rotatable bonds is 0. The third-order valence-corrected chi connectivity index (χ3v) is 8.38. The monoisotopic (exact) mass is 364 g/mol. The lowest BCUT2D eigenvalue weighted by molar-refractivity contribution is -0.156. The van der Waals surface area contributed by atoms with Crippen molar-refractivity contribution < 1.29 is 19.1 Å². The van der Waals surface area contributed by atoms with Crippen molar-refractivity contribution in [1.82, 2.24) is 9.80 Å². The van der Waals surface area contributed by atoms with E-state index in [2.05, 4.69) is 11.0 Å². The molecule has 0 unspecified atom stereocenters. The van der Waals surface area contributed by atoms with E-state index in [9.17, 15) is 14.4 Å². The summed E-state index contributed by atoms with van der Waals surface area (Å²) in [5, 5.41) is 0. The van der Waals surface area contributed by atoms with Crippen LogP contribution in [0.2, 0.25) is 0 Å². The Bertz CT molecular complexity index is 946. The Morgan fingerprint density at radius 3 is 2.89 bits per heavy atom. The number of piperidine rings is 2. The van der Waals surface area contributed by atoms with E-state index >= 15 is 0 Å². The van der Waals surface area contributed by atoms with Gasteiger partial charge < -0.3 is 9.64 Å². The van der Waals surface area contributed by atoms with E-state index in [0.29, 0.717) is 30.7 Å². The predicted octanol–water partition coefficient (Wildman–Crippen LogP) is 0.599. The highest BCUT2D eigenvalue weighted by molar-refractivity contribution is 6.47. The Morgan fingerprint density at radius 2 is 2.00 bits per heavy atom. The zero-order valence-electron chi connectivity index (χ0n) is 14.9. The first-order valence-corrected chi connectivity index (χ1v) is 9.99. The molecule has 0 aromatic rings. The molecule has 2 aliphatic carbocycles. The number of fused-ring (bicyclic) bond motifs is 2. The third-order valence-electron chi connectivity index (χ3n) is 8.38. The quantitative estimate of drug-likeness (QED) is 0.358. The zero-order chi connectivity index (χ0) is 18.1. The topological polar surface area (TPSA) is 66.9 Å². The second kappa shape index (κ2) is 4.50. The molecule has 7 aliphatic rings. The number of carbonyl (C=O) groups is 3. The molecule has 7 rings (SSSR count). The fourth-order valence-electron chi connectivity index (χ4n) is 7.55. The van der Waals surface area contributed by atoms with Crippen molar-refractivity contribution in [3.63, 3.8) is 0 Å². The second-order valence-electron chi connectivity index (χ2n) is 9.08. The predicted molar refractivity (Wildman–Crippen MR) is 93.3 cm³/mol. The summed E-state index contributed by atoms with van der Waals surface area (Å²) in [5.74, 6) is -0.210. The summed E-state index contributed by atoms with van der Waals surface area (Å²) in [6, 6.07) is 0.349. The summed E-state index contributed by atoms with van der Waals surface area (Å²) in [7, 11) is 0. The Labute approximate surface area is 156 Å². The highest BCUT2D eigenvalue weighted by Crippen LogP contribution is 2.68. The number of ketones is 2. The van der Waals surface area contributed by atoms with Gasteiger partial charge in [0, 0.05) is 30.0 Å². The van der Waals surface area contributed by atoms with Gasteiger partial charge in [0.15, 0.2) is 0 Å². The Hall–Kier alpha value is -2.05. The largest absolute Gasteiger partial charge is 0.373 e. The van der Waals surface area contributed by atoms with E-state index in [1.165, 1.54) is 11.6 Å². The first kappa shape index (κ1) is 14.9. The molecule has 0 aromatic carbocycles. The van der Waals surface area contributed by atoms with Crippen molar-refractivity contribution >= 4 is 17.5 Å². The summed E-state index contributed by atoms with van der Waals surface area (Å²) >= 11 is 0. The zero-order valence-corrected chi connectivity index (χ0v) is 14.9. The Balaban J connectivity index is 1.54. The molecule has 6 heteroatoms. The normalized spacial score (nSPS) is 46.7. The smallest absolute Gasteiger partial charge is 0.229 e. The van der Waals surface area contributed by atoms with Crippen LogP contribution in [0.4, 0.5) is 0 Å². The molecule has 138 valence electrons. The Morgan fingerprint density at radius 1 is 1.15 bits per heavy atom. The van der Waals surface area contributed by atoms with Crippen molar-refractivity contribution in [2.24, 2.45) is 17.3 Å². The average molecular weight is 364 g/mol. The van der Waals surface area contributed by atoms with Crippen molar-refractivity contribution in [3.8, 4) is 0 Å². The molecule has 0 N–H and O–H groups in total. The van der Waals surface area contributed by atoms with Crippen LogP contribution < -0.4 is 0 Å². The first-order chi connectivity index (χ1) is 13.1. The fourth-order valence-corrected chi connectivity index (χ4v) is 7.55. The molecule has 4 saturated heterocycles. The minimum absolute atomic E-state index is 0.00972. The molecular weight excluding hydrogens is 344 g/mol. The number of allylic oxidation sites excluding steroid dienone is 3. The van der Waals surface area contributed by atoms with Crippen LogP contribution in [0, 0.1) is 17.3 Å². The number of amides is 1. The van der Waals surface area contributed by atoms with Crippen LogP contribution in [0.15, 0.2) is 35.1 Å². The minimum Gasteiger partial charge on any atom is -0.373 e. The lowest BCUT2D eigenvalue weighted by Crippen LogP contribution is -2.66. The highest BCUT2D eigenvalue weighted by atomic mass is 16.5. The van der Waals surface area contributed by atoms with Crippen LogP contribution >= 0.6 is 0 Å². The standard InChI is InChI=1S/C21H20N2O4/c24-14-6-12-13(7-15(14)25)23-18(26)8-16-19-11-5-17-21(12,20(19)23)2-3-22(17)9-10(11)1-4-27-16/h1,6-7,11,16-17,19-20H,2-5,8-9H2/t11-,16+,17-,19-,20+,21-/m0/s1. The van der Waals surface area contributed by atoms with Gasteiger partial charge in [0.2, 0.25) is 17.5 Å². The Kier molecular flexibility index (Phi) is 2.49. The molecule has 6 atom stereocenters. The van der Waals surface area contributed by atoms with E-state index in [1.54, 1.807) is 6.08 Å². The summed E-state index contributed by atoms with van der Waals surface area (Å²) in [5.41, 5.74) is 2.90. The van der Waals surface area contributed by atoms with Gasteiger partial charge in [-0.3, -0.25) is 19.3 Å². The maximum absolute atomic E-state index is 13.2. The van der Waals surface area contributed by atoms with E-state index in [1.807, 2.05) is 4.90 Å². The maximum Gasteiger partial charge on any atom is 0.229 e. The molecule has 1 amide bonds. The van der Waals surface area contributed by atoms with Crippen LogP contribution in [0.3, 0.4) is 0 Å². The lowest BCUT2D eigenvalue weighted by atomic mass is 9.53. The molecule has 0 radical (unpaired) electrons. The molecule has 2 bridgehead atoms.